The zero-order valence-electron chi connectivity index (χ0n) is 17.7. The highest BCUT2D eigenvalue weighted by Gasteiger charge is 2.28. The number of benzene rings is 2. The maximum absolute atomic E-state index is 13.0. The van der Waals surface area contributed by atoms with Gasteiger partial charge in [-0.05, 0) is 41.5 Å². The molecule has 0 bridgehead atoms. The lowest BCUT2D eigenvalue weighted by Gasteiger charge is -2.23. The summed E-state index contributed by atoms with van der Waals surface area (Å²) in [4.78, 5) is 21.1. The van der Waals surface area contributed by atoms with Crippen molar-refractivity contribution in [3.05, 3.63) is 90.3 Å². The predicted molar refractivity (Wildman–Crippen MR) is 119 cm³/mol. The van der Waals surface area contributed by atoms with Crippen LogP contribution in [0.2, 0.25) is 0 Å². The number of nitrogens with zero attached hydrogens (tertiary/aromatic N) is 3. The van der Waals surface area contributed by atoms with E-state index in [0.717, 1.165) is 22.6 Å². The number of para-hydroxylation sites is 1. The fourth-order valence-corrected chi connectivity index (χ4v) is 3.77. The van der Waals surface area contributed by atoms with E-state index in [-0.39, 0.29) is 12.0 Å². The number of carbonyl (C=O) groups is 1. The molecule has 0 N–H and O–H groups in total. The molecule has 1 fully saturated rings. The summed E-state index contributed by atoms with van der Waals surface area (Å²) in [6.45, 7) is 2.80. The lowest BCUT2D eigenvalue weighted by Crippen LogP contribution is -2.37. The Morgan fingerprint density at radius 1 is 0.935 bits per heavy atom. The summed E-state index contributed by atoms with van der Waals surface area (Å²) in [7, 11) is 1.70. The maximum Gasteiger partial charge on any atom is 0.237 e. The van der Waals surface area contributed by atoms with Gasteiger partial charge in [-0.1, -0.05) is 36.4 Å². The van der Waals surface area contributed by atoms with E-state index < -0.39 is 0 Å². The highest BCUT2D eigenvalue weighted by molar-refractivity contribution is 5.78. The Morgan fingerprint density at radius 3 is 2.52 bits per heavy atom. The Labute approximate surface area is 183 Å². The smallest absolute Gasteiger partial charge is 0.237 e. The van der Waals surface area contributed by atoms with Crippen molar-refractivity contribution in [2.45, 2.75) is 19.2 Å². The molecular formula is C25H27N3O3. The highest BCUT2D eigenvalue weighted by atomic mass is 16.5. The molecule has 1 atom stereocenters. The van der Waals surface area contributed by atoms with Crippen LogP contribution in [0.25, 0.3) is 0 Å². The molecule has 1 aromatic heterocycles. The Kier molecular flexibility index (Phi) is 6.92. The molecule has 0 radical (unpaired) electrons. The molecular weight excluding hydrogens is 390 g/mol. The van der Waals surface area contributed by atoms with Crippen LogP contribution in [0.5, 0.6) is 11.5 Å². The monoisotopic (exact) mass is 417 g/mol. The van der Waals surface area contributed by atoms with Crippen LogP contribution in [0.15, 0.2) is 79.1 Å². The molecule has 0 spiro atoms. The second-order valence-electron chi connectivity index (χ2n) is 7.73. The highest BCUT2D eigenvalue weighted by Crippen LogP contribution is 2.23. The van der Waals surface area contributed by atoms with Gasteiger partial charge in [-0.2, -0.15) is 0 Å². The van der Waals surface area contributed by atoms with Crippen LogP contribution in [0.1, 0.15) is 11.1 Å². The van der Waals surface area contributed by atoms with Crippen LogP contribution in [0.3, 0.4) is 0 Å². The maximum atomic E-state index is 13.0. The van der Waals surface area contributed by atoms with E-state index in [9.17, 15) is 4.79 Å². The Balaban J connectivity index is 1.43. The first-order valence-electron chi connectivity index (χ1n) is 10.4. The first-order chi connectivity index (χ1) is 15.2. The second kappa shape index (κ2) is 10.2. The van der Waals surface area contributed by atoms with Crippen molar-refractivity contribution in [1.82, 2.24) is 14.8 Å². The summed E-state index contributed by atoms with van der Waals surface area (Å²) in [5.74, 6) is 1.68. The number of carbonyl (C=O) groups excluding carboxylic acids is 1. The van der Waals surface area contributed by atoms with Crippen LogP contribution in [0.4, 0.5) is 0 Å². The number of ether oxygens (including phenoxy) is 2. The summed E-state index contributed by atoms with van der Waals surface area (Å²) in [5, 5.41) is 0. The first-order valence-corrected chi connectivity index (χ1v) is 10.4. The Bertz CT molecular complexity index is 982. The summed E-state index contributed by atoms with van der Waals surface area (Å²) in [6, 6.07) is 21.6. The van der Waals surface area contributed by atoms with Crippen LogP contribution in [-0.2, 0) is 22.6 Å². The van der Waals surface area contributed by atoms with E-state index in [0.29, 0.717) is 32.7 Å². The van der Waals surface area contributed by atoms with Gasteiger partial charge in [0.15, 0.2) is 0 Å². The van der Waals surface area contributed by atoms with E-state index in [1.54, 1.807) is 19.5 Å². The van der Waals surface area contributed by atoms with Crippen LogP contribution in [0, 0.1) is 0 Å². The molecule has 1 aliphatic rings. The zero-order valence-corrected chi connectivity index (χ0v) is 17.7. The zero-order chi connectivity index (χ0) is 21.5. The van der Waals surface area contributed by atoms with Gasteiger partial charge in [0.05, 0.1) is 12.6 Å². The van der Waals surface area contributed by atoms with E-state index in [2.05, 4.69) is 16.0 Å². The lowest BCUT2D eigenvalue weighted by atomic mass is 10.2. The van der Waals surface area contributed by atoms with Gasteiger partial charge >= 0.3 is 0 Å². The van der Waals surface area contributed by atoms with Gasteiger partial charge in [-0.3, -0.25) is 14.7 Å². The van der Waals surface area contributed by atoms with E-state index >= 15 is 0 Å². The van der Waals surface area contributed by atoms with Crippen LogP contribution in [-0.4, -0.2) is 53.5 Å². The number of pyridine rings is 1. The van der Waals surface area contributed by atoms with Gasteiger partial charge in [0, 0.05) is 45.7 Å². The lowest BCUT2D eigenvalue weighted by molar-refractivity contribution is -0.132. The third-order valence-corrected chi connectivity index (χ3v) is 5.31. The van der Waals surface area contributed by atoms with Crippen molar-refractivity contribution in [1.29, 1.82) is 0 Å². The number of amides is 1. The van der Waals surface area contributed by atoms with Crippen molar-refractivity contribution in [2.24, 2.45) is 0 Å². The van der Waals surface area contributed by atoms with Crippen LogP contribution < -0.4 is 4.74 Å². The minimum Gasteiger partial charge on any atom is -0.457 e. The molecule has 1 amide bonds. The van der Waals surface area contributed by atoms with Gasteiger partial charge in [0.25, 0.3) is 0 Å². The number of methoxy groups -OCH3 is 1. The summed E-state index contributed by atoms with van der Waals surface area (Å²) >= 11 is 0. The average Bonchev–Trinajstić information content (AvgIpc) is 2.93. The summed E-state index contributed by atoms with van der Waals surface area (Å²) in [6.07, 6.45) is 3.49. The van der Waals surface area contributed by atoms with Gasteiger partial charge in [0.1, 0.15) is 11.5 Å². The van der Waals surface area contributed by atoms with Crippen molar-refractivity contribution in [2.75, 3.05) is 26.7 Å². The standard InChI is InChI=1S/C25H27N3O3/c1-30-24-17-27(19-25(29)28(18-24)16-21-8-6-12-26-14-21)15-20-7-5-11-23(13-20)31-22-9-3-2-4-10-22/h2-14,24H,15-19H2,1H3. The molecule has 2 aromatic carbocycles. The molecule has 1 saturated heterocycles. The van der Waals surface area contributed by atoms with Crippen molar-refractivity contribution >= 4 is 5.91 Å². The molecule has 6 heteroatoms. The van der Waals surface area contributed by atoms with Gasteiger partial charge in [0.2, 0.25) is 5.91 Å². The van der Waals surface area contributed by atoms with E-state index in [1.807, 2.05) is 65.6 Å². The molecule has 0 aliphatic carbocycles. The fourth-order valence-electron chi connectivity index (χ4n) is 3.77. The predicted octanol–water partition coefficient (Wildman–Crippen LogP) is 3.73. The van der Waals surface area contributed by atoms with Crippen molar-refractivity contribution < 1.29 is 14.3 Å². The molecule has 4 rings (SSSR count). The SMILES string of the molecule is COC1CN(Cc2cccc(Oc3ccccc3)c2)CC(=O)N(Cc2cccnc2)C1. The average molecular weight is 418 g/mol. The van der Waals surface area contributed by atoms with Gasteiger partial charge < -0.3 is 14.4 Å². The number of aromatic nitrogens is 1. The summed E-state index contributed by atoms with van der Waals surface area (Å²) < 4.78 is 11.6. The van der Waals surface area contributed by atoms with Gasteiger partial charge in [-0.25, -0.2) is 0 Å². The quantitative estimate of drug-likeness (QED) is 0.586. The number of hydrogen-bond acceptors (Lipinski definition) is 5. The number of hydrogen-bond donors (Lipinski definition) is 0. The minimum absolute atomic E-state index is 0.0492. The molecule has 3 aromatic rings. The fraction of sp³-hybridized carbons (Fsp3) is 0.280. The van der Waals surface area contributed by atoms with E-state index in [1.165, 1.54) is 0 Å². The molecule has 1 unspecified atom stereocenters. The number of rotatable bonds is 7. The molecule has 0 saturated carbocycles. The topological polar surface area (TPSA) is 54.9 Å². The Hall–Kier alpha value is -3.22. The normalized spacial score (nSPS) is 17.4. The first kappa shape index (κ1) is 21.0. The largest absolute Gasteiger partial charge is 0.457 e. The molecule has 1 aliphatic heterocycles. The van der Waals surface area contributed by atoms with Gasteiger partial charge in [-0.15, -0.1) is 0 Å². The third kappa shape index (κ3) is 5.90. The molecule has 6 nitrogen and oxygen atoms in total. The van der Waals surface area contributed by atoms with Crippen molar-refractivity contribution in [3.63, 3.8) is 0 Å². The van der Waals surface area contributed by atoms with Crippen molar-refractivity contribution in [3.8, 4) is 11.5 Å². The Morgan fingerprint density at radius 2 is 1.74 bits per heavy atom. The second-order valence-corrected chi connectivity index (χ2v) is 7.73. The molecule has 160 valence electrons. The molecule has 2 heterocycles. The minimum atomic E-state index is -0.0492. The summed E-state index contributed by atoms with van der Waals surface area (Å²) in [5.41, 5.74) is 2.11. The molecule has 31 heavy (non-hydrogen) atoms. The van der Waals surface area contributed by atoms with Crippen LogP contribution >= 0.6 is 0 Å². The van der Waals surface area contributed by atoms with E-state index in [4.69, 9.17) is 9.47 Å². The third-order valence-electron chi connectivity index (χ3n) is 5.31.